The molecule has 0 heterocycles. The molecule has 0 atom stereocenters. The largest absolute Gasteiger partial charge is 0.418 e. The fraction of sp³-hybridized carbons (Fsp3) is 1.00. The summed E-state index contributed by atoms with van der Waals surface area (Å²) in [5, 5.41) is 0. The Morgan fingerprint density at radius 2 is 1.89 bits per heavy atom. The van der Waals surface area contributed by atoms with Gasteiger partial charge in [0.05, 0.1) is 6.23 Å². The van der Waals surface area contributed by atoms with E-state index in [0.29, 0.717) is 9.76 Å². The molecule has 0 bridgehead atoms. The first-order valence-electron chi connectivity index (χ1n) is 2.96. The van der Waals surface area contributed by atoms with Crippen LogP contribution in [0.15, 0.2) is 0 Å². The average molecular weight is 162 g/mol. The van der Waals surface area contributed by atoms with Gasteiger partial charge in [-0.3, -0.25) is 0 Å². The van der Waals surface area contributed by atoms with Gasteiger partial charge in [0.1, 0.15) is 0 Å². The molecule has 54 valence electrons. The predicted molar refractivity (Wildman–Crippen MR) is 42.1 cm³/mol. The minimum Gasteiger partial charge on any atom is -0.418 e. The van der Waals surface area contributed by atoms with Gasteiger partial charge in [-0.05, 0) is 19.6 Å². The molecule has 4 heteroatoms. The van der Waals surface area contributed by atoms with Crippen molar-refractivity contribution in [2.24, 2.45) is 0 Å². The summed E-state index contributed by atoms with van der Waals surface area (Å²) in [5.74, 6) is 0. The van der Waals surface area contributed by atoms with Crippen molar-refractivity contribution in [2.45, 2.75) is 19.6 Å². The monoisotopic (exact) mass is 162 g/mol. The molecular formula is C5H14O2Si2. The van der Waals surface area contributed by atoms with Crippen LogP contribution >= 0.6 is 0 Å². The predicted octanol–water partition coefficient (Wildman–Crippen LogP) is 1.06. The molecular weight excluding hydrogens is 148 g/mol. The SMILES string of the molecule is CO[Si]CO[Si](C)(C)C. The second kappa shape index (κ2) is 4.21. The summed E-state index contributed by atoms with van der Waals surface area (Å²) >= 11 is 0. The van der Waals surface area contributed by atoms with Crippen molar-refractivity contribution in [2.75, 3.05) is 13.3 Å². The number of hydrogen-bond donors (Lipinski definition) is 0. The molecule has 0 aromatic rings. The van der Waals surface area contributed by atoms with E-state index in [4.69, 9.17) is 8.85 Å². The smallest absolute Gasteiger partial charge is 0.256 e. The Kier molecular flexibility index (Phi) is 4.38. The van der Waals surface area contributed by atoms with E-state index >= 15 is 0 Å². The van der Waals surface area contributed by atoms with Crippen LogP contribution in [0.5, 0.6) is 0 Å². The van der Waals surface area contributed by atoms with Crippen LogP contribution < -0.4 is 0 Å². The van der Waals surface area contributed by atoms with Gasteiger partial charge in [-0.25, -0.2) is 0 Å². The van der Waals surface area contributed by atoms with Gasteiger partial charge in [-0.15, -0.1) is 0 Å². The minimum atomic E-state index is -1.27. The first-order chi connectivity index (χ1) is 4.06. The molecule has 9 heavy (non-hydrogen) atoms. The van der Waals surface area contributed by atoms with Gasteiger partial charge < -0.3 is 8.85 Å². The zero-order valence-corrected chi connectivity index (χ0v) is 8.52. The Bertz CT molecular complexity index is 69.8. The van der Waals surface area contributed by atoms with Crippen LogP contribution in [0, 0.1) is 0 Å². The summed E-state index contributed by atoms with van der Waals surface area (Å²) < 4.78 is 10.4. The Balaban J connectivity index is 3.07. The maximum atomic E-state index is 5.50. The van der Waals surface area contributed by atoms with Crippen molar-refractivity contribution < 1.29 is 8.85 Å². The lowest BCUT2D eigenvalue weighted by molar-refractivity contribution is 0.341. The summed E-state index contributed by atoms with van der Waals surface area (Å²) in [5.41, 5.74) is 0. The molecule has 0 N–H and O–H groups in total. The second-order valence-corrected chi connectivity index (χ2v) is 8.25. The van der Waals surface area contributed by atoms with Crippen LogP contribution in [0.3, 0.4) is 0 Å². The fourth-order valence-corrected chi connectivity index (χ4v) is 2.39. The average Bonchev–Trinajstić information content (AvgIpc) is 1.63. The van der Waals surface area contributed by atoms with Gasteiger partial charge in [0, 0.05) is 7.11 Å². The quantitative estimate of drug-likeness (QED) is 0.454. The zero-order valence-electron chi connectivity index (χ0n) is 6.52. The maximum absolute atomic E-state index is 5.50. The van der Waals surface area contributed by atoms with E-state index < -0.39 is 8.32 Å². The topological polar surface area (TPSA) is 18.5 Å². The highest BCUT2D eigenvalue weighted by Crippen LogP contribution is 2.00. The van der Waals surface area contributed by atoms with Gasteiger partial charge in [0.2, 0.25) is 0 Å². The lowest BCUT2D eigenvalue weighted by Crippen LogP contribution is -2.28. The lowest BCUT2D eigenvalue weighted by Gasteiger charge is -2.15. The highest BCUT2D eigenvalue weighted by molar-refractivity contribution is 6.70. The molecule has 0 aliphatic heterocycles. The van der Waals surface area contributed by atoms with E-state index in [-0.39, 0.29) is 0 Å². The van der Waals surface area contributed by atoms with Crippen LogP contribution in [-0.2, 0) is 8.85 Å². The van der Waals surface area contributed by atoms with Crippen molar-refractivity contribution in [3.8, 4) is 0 Å². The molecule has 0 aliphatic carbocycles. The highest BCUT2D eigenvalue weighted by Gasteiger charge is 2.13. The molecule has 2 radical (unpaired) electrons. The van der Waals surface area contributed by atoms with Crippen molar-refractivity contribution in [3.05, 3.63) is 0 Å². The highest BCUT2D eigenvalue weighted by atomic mass is 28.4. The minimum absolute atomic E-state index is 0.501. The van der Waals surface area contributed by atoms with E-state index in [2.05, 4.69) is 19.6 Å². The maximum Gasteiger partial charge on any atom is 0.256 e. The standard InChI is InChI=1S/C5H14O2Si2/c1-6-8-5-7-9(2,3)4/h5H2,1-4H3. The number of rotatable bonds is 4. The van der Waals surface area contributed by atoms with Gasteiger partial charge in [-0.2, -0.15) is 0 Å². The van der Waals surface area contributed by atoms with Gasteiger partial charge >= 0.3 is 0 Å². The first-order valence-corrected chi connectivity index (χ1v) is 7.48. The molecule has 0 unspecified atom stereocenters. The van der Waals surface area contributed by atoms with Gasteiger partial charge in [0.15, 0.2) is 8.32 Å². The Hall–Kier alpha value is 0.354. The Morgan fingerprint density at radius 1 is 1.33 bits per heavy atom. The molecule has 0 amide bonds. The van der Waals surface area contributed by atoms with Crippen molar-refractivity contribution in [3.63, 3.8) is 0 Å². The molecule has 0 rings (SSSR count). The third-order valence-corrected chi connectivity index (χ3v) is 2.56. The van der Waals surface area contributed by atoms with Crippen molar-refractivity contribution in [1.29, 1.82) is 0 Å². The van der Waals surface area contributed by atoms with E-state index in [1.807, 2.05) is 0 Å². The van der Waals surface area contributed by atoms with Crippen LogP contribution in [-0.4, -0.2) is 31.4 Å². The van der Waals surface area contributed by atoms with Gasteiger partial charge in [0.25, 0.3) is 9.76 Å². The van der Waals surface area contributed by atoms with Gasteiger partial charge in [-0.1, -0.05) is 0 Å². The number of hydrogen-bond acceptors (Lipinski definition) is 2. The molecule has 0 aromatic carbocycles. The molecule has 0 saturated heterocycles. The first kappa shape index (κ1) is 9.35. The van der Waals surface area contributed by atoms with E-state index in [1.54, 1.807) is 7.11 Å². The summed E-state index contributed by atoms with van der Waals surface area (Å²) in [7, 11) is 0.934. The van der Waals surface area contributed by atoms with E-state index in [9.17, 15) is 0 Å². The third kappa shape index (κ3) is 8.35. The normalized spacial score (nSPS) is 12.0. The Labute approximate surface area is 60.6 Å². The Morgan fingerprint density at radius 3 is 2.22 bits per heavy atom. The van der Waals surface area contributed by atoms with E-state index in [0.717, 1.165) is 6.23 Å². The van der Waals surface area contributed by atoms with Crippen LogP contribution in [0.2, 0.25) is 19.6 Å². The summed E-state index contributed by atoms with van der Waals surface area (Å²) in [6, 6.07) is 0. The zero-order chi connectivity index (χ0) is 7.33. The molecule has 2 nitrogen and oxygen atoms in total. The summed E-state index contributed by atoms with van der Waals surface area (Å²) in [6.07, 6.45) is 0.770. The van der Waals surface area contributed by atoms with Crippen molar-refractivity contribution >= 4 is 18.1 Å². The third-order valence-electron chi connectivity index (χ3n) is 0.708. The van der Waals surface area contributed by atoms with Crippen LogP contribution in [0.4, 0.5) is 0 Å². The molecule has 0 aliphatic rings. The van der Waals surface area contributed by atoms with Crippen LogP contribution in [0.25, 0.3) is 0 Å². The fourth-order valence-electron chi connectivity index (χ4n) is 0.305. The molecule has 0 spiro atoms. The summed E-state index contributed by atoms with van der Waals surface area (Å²) in [6.45, 7) is 6.52. The second-order valence-electron chi connectivity index (χ2n) is 2.75. The molecule has 0 aromatic heterocycles. The van der Waals surface area contributed by atoms with Crippen molar-refractivity contribution in [1.82, 2.24) is 0 Å². The summed E-state index contributed by atoms with van der Waals surface area (Å²) in [4.78, 5) is 0. The van der Waals surface area contributed by atoms with E-state index in [1.165, 1.54) is 0 Å². The van der Waals surface area contributed by atoms with Crippen LogP contribution in [0.1, 0.15) is 0 Å². The molecule has 0 saturated carbocycles. The lowest BCUT2D eigenvalue weighted by atomic mass is 11.7. The molecule has 0 fully saturated rings.